The van der Waals surface area contributed by atoms with Gasteiger partial charge in [0.05, 0.1) is 5.69 Å². The molecule has 1 N–H and O–H groups in total. The minimum Gasteiger partial charge on any atom is -0.313 e. The second-order valence-electron chi connectivity index (χ2n) is 3.42. The Labute approximate surface area is 85.8 Å². The number of nitrogens with zero attached hydrogens (tertiary/aromatic N) is 2. The van der Waals surface area contributed by atoms with Crippen LogP contribution in [0, 0.1) is 0 Å². The molecule has 1 heterocycles. The first-order valence-electron chi connectivity index (χ1n) is 5.03. The lowest BCUT2D eigenvalue weighted by Gasteiger charge is -2.13. The zero-order valence-corrected chi connectivity index (χ0v) is 9.25. The summed E-state index contributed by atoms with van der Waals surface area (Å²) in [6.45, 7) is 5.90. The van der Waals surface area contributed by atoms with Gasteiger partial charge >= 0.3 is 0 Å². The van der Waals surface area contributed by atoms with Gasteiger partial charge in [-0.3, -0.25) is 4.68 Å². The van der Waals surface area contributed by atoms with Crippen molar-refractivity contribution >= 4 is 0 Å². The molecular formula is C11H19N3. The summed E-state index contributed by atoms with van der Waals surface area (Å²) in [5.74, 6) is 0. The molecule has 0 spiro atoms. The molecule has 78 valence electrons. The van der Waals surface area contributed by atoms with Crippen LogP contribution in [0.3, 0.4) is 0 Å². The molecule has 1 aromatic heterocycles. The van der Waals surface area contributed by atoms with E-state index in [2.05, 4.69) is 30.1 Å². The minimum absolute atomic E-state index is 0.344. The molecule has 3 heteroatoms. The maximum absolute atomic E-state index is 4.42. The normalized spacial score (nSPS) is 12.8. The Morgan fingerprint density at radius 3 is 2.93 bits per heavy atom. The van der Waals surface area contributed by atoms with Gasteiger partial charge in [0.25, 0.3) is 0 Å². The molecule has 0 aliphatic rings. The minimum atomic E-state index is 0.344. The van der Waals surface area contributed by atoms with Gasteiger partial charge in [-0.25, -0.2) is 0 Å². The van der Waals surface area contributed by atoms with Crippen LogP contribution >= 0.6 is 0 Å². The SMILES string of the molecule is C=CCC(NC)c1cn(C)nc1CC. The first-order chi connectivity index (χ1) is 6.72. The second kappa shape index (κ2) is 4.96. The fraction of sp³-hybridized carbons (Fsp3) is 0.545. The van der Waals surface area contributed by atoms with E-state index >= 15 is 0 Å². The quantitative estimate of drug-likeness (QED) is 0.723. The smallest absolute Gasteiger partial charge is 0.0669 e. The van der Waals surface area contributed by atoms with Crippen molar-refractivity contribution in [3.8, 4) is 0 Å². The highest BCUT2D eigenvalue weighted by Gasteiger charge is 2.14. The average Bonchev–Trinajstić information content (AvgIpc) is 2.55. The zero-order valence-electron chi connectivity index (χ0n) is 9.25. The zero-order chi connectivity index (χ0) is 10.6. The Hall–Kier alpha value is -1.09. The van der Waals surface area contributed by atoms with E-state index in [0.717, 1.165) is 12.8 Å². The third kappa shape index (κ3) is 2.23. The lowest BCUT2D eigenvalue weighted by molar-refractivity contribution is 0.598. The van der Waals surface area contributed by atoms with Gasteiger partial charge in [0.1, 0.15) is 0 Å². The highest BCUT2D eigenvalue weighted by molar-refractivity contribution is 5.22. The molecule has 0 amide bonds. The molecular weight excluding hydrogens is 174 g/mol. The molecule has 0 aliphatic carbocycles. The molecule has 1 rings (SSSR count). The summed E-state index contributed by atoms with van der Waals surface area (Å²) in [5, 5.41) is 7.71. The van der Waals surface area contributed by atoms with Crippen molar-refractivity contribution in [2.24, 2.45) is 7.05 Å². The number of nitrogens with one attached hydrogen (secondary N) is 1. The van der Waals surface area contributed by atoms with E-state index in [4.69, 9.17) is 0 Å². The Bertz CT molecular complexity index is 301. The standard InChI is InChI=1S/C11H19N3/c1-5-7-11(12-3)9-8-14(4)13-10(9)6-2/h5,8,11-12H,1,6-7H2,2-4H3. The van der Waals surface area contributed by atoms with Crippen molar-refractivity contribution in [2.75, 3.05) is 7.05 Å². The van der Waals surface area contributed by atoms with Crippen LogP contribution in [-0.2, 0) is 13.5 Å². The average molecular weight is 193 g/mol. The van der Waals surface area contributed by atoms with Crippen molar-refractivity contribution < 1.29 is 0 Å². The van der Waals surface area contributed by atoms with Gasteiger partial charge in [0.15, 0.2) is 0 Å². The number of hydrogen-bond acceptors (Lipinski definition) is 2. The van der Waals surface area contributed by atoms with Crippen LogP contribution in [0.2, 0.25) is 0 Å². The van der Waals surface area contributed by atoms with E-state index in [1.807, 2.05) is 24.9 Å². The van der Waals surface area contributed by atoms with E-state index in [1.54, 1.807) is 0 Å². The maximum Gasteiger partial charge on any atom is 0.0669 e. The third-order valence-electron chi connectivity index (χ3n) is 2.40. The highest BCUT2D eigenvalue weighted by atomic mass is 15.3. The first kappa shape index (κ1) is 11.0. The van der Waals surface area contributed by atoms with Crippen LogP contribution in [0.15, 0.2) is 18.9 Å². The van der Waals surface area contributed by atoms with Gasteiger partial charge in [-0.2, -0.15) is 5.10 Å². The number of aromatic nitrogens is 2. The van der Waals surface area contributed by atoms with Crippen LogP contribution in [0.1, 0.15) is 30.6 Å². The molecule has 0 saturated carbocycles. The molecule has 0 aliphatic heterocycles. The number of hydrogen-bond donors (Lipinski definition) is 1. The van der Waals surface area contributed by atoms with E-state index in [0.29, 0.717) is 6.04 Å². The lowest BCUT2D eigenvalue weighted by Crippen LogP contribution is -2.16. The summed E-state index contributed by atoms with van der Waals surface area (Å²) >= 11 is 0. The number of aryl methyl sites for hydroxylation is 2. The Balaban J connectivity index is 2.95. The van der Waals surface area contributed by atoms with Crippen LogP contribution < -0.4 is 5.32 Å². The molecule has 14 heavy (non-hydrogen) atoms. The fourth-order valence-corrected chi connectivity index (χ4v) is 1.69. The highest BCUT2D eigenvalue weighted by Crippen LogP contribution is 2.20. The van der Waals surface area contributed by atoms with E-state index < -0.39 is 0 Å². The summed E-state index contributed by atoms with van der Waals surface area (Å²) in [7, 11) is 3.93. The summed E-state index contributed by atoms with van der Waals surface area (Å²) in [5.41, 5.74) is 2.46. The van der Waals surface area contributed by atoms with Gasteiger partial charge in [-0.1, -0.05) is 13.0 Å². The molecule has 0 radical (unpaired) electrons. The molecule has 0 saturated heterocycles. The van der Waals surface area contributed by atoms with Gasteiger partial charge in [0, 0.05) is 24.8 Å². The van der Waals surface area contributed by atoms with Crippen LogP contribution in [0.25, 0.3) is 0 Å². The predicted molar refractivity (Wildman–Crippen MR) is 59.2 cm³/mol. The van der Waals surface area contributed by atoms with Crippen molar-refractivity contribution in [3.63, 3.8) is 0 Å². The number of rotatable bonds is 5. The largest absolute Gasteiger partial charge is 0.313 e. The van der Waals surface area contributed by atoms with Crippen LogP contribution in [0.4, 0.5) is 0 Å². The molecule has 0 fully saturated rings. The van der Waals surface area contributed by atoms with Crippen LogP contribution in [0.5, 0.6) is 0 Å². The topological polar surface area (TPSA) is 29.9 Å². The van der Waals surface area contributed by atoms with Gasteiger partial charge in [-0.05, 0) is 19.9 Å². The van der Waals surface area contributed by atoms with E-state index in [9.17, 15) is 0 Å². The fourth-order valence-electron chi connectivity index (χ4n) is 1.69. The van der Waals surface area contributed by atoms with Crippen molar-refractivity contribution in [2.45, 2.75) is 25.8 Å². The summed E-state index contributed by atoms with van der Waals surface area (Å²) in [6.07, 6.45) is 5.94. The van der Waals surface area contributed by atoms with Crippen LogP contribution in [-0.4, -0.2) is 16.8 Å². The van der Waals surface area contributed by atoms with Crippen molar-refractivity contribution in [3.05, 3.63) is 30.1 Å². The van der Waals surface area contributed by atoms with Gasteiger partial charge < -0.3 is 5.32 Å². The Morgan fingerprint density at radius 2 is 2.43 bits per heavy atom. The molecule has 0 bridgehead atoms. The molecule has 0 aromatic carbocycles. The maximum atomic E-state index is 4.42. The summed E-state index contributed by atoms with van der Waals surface area (Å²) in [4.78, 5) is 0. The molecule has 1 aromatic rings. The Kier molecular flexibility index (Phi) is 3.89. The summed E-state index contributed by atoms with van der Waals surface area (Å²) in [6, 6.07) is 0.344. The molecule has 1 unspecified atom stereocenters. The lowest BCUT2D eigenvalue weighted by atomic mass is 10.0. The van der Waals surface area contributed by atoms with E-state index in [1.165, 1.54) is 11.3 Å². The predicted octanol–water partition coefficient (Wildman–Crippen LogP) is 1.82. The van der Waals surface area contributed by atoms with Gasteiger partial charge in [0.2, 0.25) is 0 Å². The Morgan fingerprint density at radius 1 is 1.71 bits per heavy atom. The second-order valence-corrected chi connectivity index (χ2v) is 3.42. The van der Waals surface area contributed by atoms with Crippen molar-refractivity contribution in [1.29, 1.82) is 0 Å². The first-order valence-corrected chi connectivity index (χ1v) is 5.03. The monoisotopic (exact) mass is 193 g/mol. The molecule has 3 nitrogen and oxygen atoms in total. The van der Waals surface area contributed by atoms with Gasteiger partial charge in [-0.15, -0.1) is 6.58 Å². The third-order valence-corrected chi connectivity index (χ3v) is 2.40. The van der Waals surface area contributed by atoms with E-state index in [-0.39, 0.29) is 0 Å². The van der Waals surface area contributed by atoms with Crippen molar-refractivity contribution in [1.82, 2.24) is 15.1 Å². The molecule has 1 atom stereocenters. The summed E-state index contributed by atoms with van der Waals surface area (Å²) < 4.78 is 1.88.